The number of para-hydroxylation sites is 3. The maximum absolute atomic E-state index is 11.9. The van der Waals surface area contributed by atoms with Crippen molar-refractivity contribution in [2.75, 3.05) is 12.3 Å². The number of carbonyl (C=O) groups is 1. The number of ether oxygens (including phenoxy) is 1. The fourth-order valence-electron chi connectivity index (χ4n) is 3.43. The highest BCUT2D eigenvalue weighted by Crippen LogP contribution is 2.29. The van der Waals surface area contributed by atoms with Gasteiger partial charge in [0.15, 0.2) is 17.3 Å². The number of anilines is 1. The topological polar surface area (TPSA) is 143 Å². The maximum atomic E-state index is 11.9. The second-order valence-electron chi connectivity index (χ2n) is 7.84. The standard InChI is InChI=1S/C17H13N5O.C9H8F3NO2/c1-10-6-2-3-7-11(10)16-21-22-17(23-16)14-15(18)20-13-9-5-4-8-12(13)19-14;10-9(11,12)15-8-4-2-1-3-6(8)7(14)5-13/h2-9H,1H3,(H2,18,20);1-4H,5,13H2. The van der Waals surface area contributed by atoms with Crippen LogP contribution < -0.4 is 16.2 Å². The van der Waals surface area contributed by atoms with Crippen molar-refractivity contribution in [2.24, 2.45) is 5.73 Å². The third kappa shape index (κ3) is 6.10. The van der Waals surface area contributed by atoms with Crippen LogP contribution in [-0.4, -0.2) is 38.9 Å². The molecule has 0 aliphatic rings. The fraction of sp³-hybridized carbons (Fsp3) is 0.115. The van der Waals surface area contributed by atoms with Crippen molar-refractivity contribution in [3.05, 3.63) is 83.9 Å². The number of fused-ring (bicyclic) bond motifs is 1. The van der Waals surface area contributed by atoms with Gasteiger partial charge in [-0.2, -0.15) is 0 Å². The van der Waals surface area contributed by atoms with Gasteiger partial charge < -0.3 is 20.6 Å². The van der Waals surface area contributed by atoms with E-state index in [4.69, 9.17) is 15.9 Å². The van der Waals surface area contributed by atoms with Gasteiger partial charge in [0, 0.05) is 5.56 Å². The van der Waals surface area contributed by atoms with E-state index in [0.717, 1.165) is 28.2 Å². The van der Waals surface area contributed by atoms with E-state index in [1.54, 1.807) is 0 Å². The van der Waals surface area contributed by atoms with E-state index in [9.17, 15) is 18.0 Å². The molecule has 9 nitrogen and oxygen atoms in total. The van der Waals surface area contributed by atoms with Crippen LogP contribution in [-0.2, 0) is 0 Å². The van der Waals surface area contributed by atoms with Gasteiger partial charge in [0.25, 0.3) is 5.89 Å². The van der Waals surface area contributed by atoms with Crippen LogP contribution in [0.3, 0.4) is 0 Å². The number of hydrogen-bond acceptors (Lipinski definition) is 9. The number of hydrogen-bond donors (Lipinski definition) is 2. The Bertz CT molecular complexity index is 1590. The smallest absolute Gasteiger partial charge is 0.414 e. The molecule has 0 saturated carbocycles. The summed E-state index contributed by atoms with van der Waals surface area (Å²) in [5.41, 5.74) is 14.7. The lowest BCUT2D eigenvalue weighted by atomic mass is 10.1. The molecule has 2 heterocycles. The summed E-state index contributed by atoms with van der Waals surface area (Å²) in [4.78, 5) is 20.0. The SMILES string of the molecule is Cc1ccccc1-c1nnc(-c2nc3ccccc3nc2N)o1.NCC(=O)c1ccccc1OC(F)(F)F. The largest absolute Gasteiger partial charge is 0.573 e. The molecule has 0 saturated heterocycles. The lowest BCUT2D eigenvalue weighted by Gasteiger charge is -2.11. The van der Waals surface area contributed by atoms with Crippen molar-refractivity contribution in [1.82, 2.24) is 20.2 Å². The van der Waals surface area contributed by atoms with Gasteiger partial charge in [-0.15, -0.1) is 23.4 Å². The quantitative estimate of drug-likeness (QED) is 0.306. The molecule has 0 bridgehead atoms. The minimum atomic E-state index is -4.81. The zero-order valence-corrected chi connectivity index (χ0v) is 19.9. The van der Waals surface area contributed by atoms with Crippen LogP contribution in [0.4, 0.5) is 19.0 Å². The Morgan fingerprint density at radius 3 is 2.18 bits per heavy atom. The summed E-state index contributed by atoms with van der Waals surface area (Å²) in [5.74, 6) is -0.162. The first-order valence-corrected chi connectivity index (χ1v) is 11.2. The number of nitrogens with two attached hydrogens (primary N) is 2. The Morgan fingerprint density at radius 2 is 1.50 bits per heavy atom. The Balaban J connectivity index is 0.000000196. The first-order valence-electron chi connectivity index (χ1n) is 11.2. The van der Waals surface area contributed by atoms with Gasteiger partial charge in [-0.3, -0.25) is 4.79 Å². The number of aryl methyl sites for hydroxylation is 1. The summed E-state index contributed by atoms with van der Waals surface area (Å²) >= 11 is 0. The molecule has 5 rings (SSSR count). The molecule has 0 aliphatic carbocycles. The van der Waals surface area contributed by atoms with Gasteiger partial charge in [0.05, 0.1) is 23.1 Å². The van der Waals surface area contributed by atoms with Crippen LogP contribution in [0, 0.1) is 6.92 Å². The molecule has 0 spiro atoms. The second-order valence-corrected chi connectivity index (χ2v) is 7.84. The van der Waals surface area contributed by atoms with Crippen LogP contribution in [0.15, 0.2) is 77.2 Å². The van der Waals surface area contributed by atoms with E-state index in [2.05, 4.69) is 24.9 Å². The number of rotatable bonds is 5. The molecule has 5 aromatic rings. The van der Waals surface area contributed by atoms with Crippen molar-refractivity contribution in [3.63, 3.8) is 0 Å². The number of nitrogen functional groups attached to an aromatic ring is 1. The average Bonchev–Trinajstić information content (AvgIpc) is 3.37. The van der Waals surface area contributed by atoms with E-state index < -0.39 is 17.9 Å². The molecular formula is C26H21F3N6O3. The van der Waals surface area contributed by atoms with Gasteiger partial charge >= 0.3 is 6.36 Å². The molecule has 194 valence electrons. The van der Waals surface area contributed by atoms with Crippen molar-refractivity contribution in [2.45, 2.75) is 13.3 Å². The van der Waals surface area contributed by atoms with Crippen LogP contribution in [0.25, 0.3) is 34.1 Å². The van der Waals surface area contributed by atoms with Crippen molar-refractivity contribution >= 4 is 22.6 Å². The van der Waals surface area contributed by atoms with Crippen LogP contribution in [0.2, 0.25) is 0 Å². The fourth-order valence-corrected chi connectivity index (χ4v) is 3.43. The number of halogens is 3. The van der Waals surface area contributed by atoms with Crippen molar-refractivity contribution in [3.8, 4) is 28.8 Å². The van der Waals surface area contributed by atoms with Gasteiger partial charge in [-0.1, -0.05) is 42.5 Å². The lowest BCUT2D eigenvalue weighted by Crippen LogP contribution is -2.21. The highest BCUT2D eigenvalue weighted by molar-refractivity contribution is 5.99. The van der Waals surface area contributed by atoms with E-state index >= 15 is 0 Å². The summed E-state index contributed by atoms with van der Waals surface area (Å²) in [6, 6.07) is 20.4. The first kappa shape index (κ1) is 26.2. The molecule has 3 aromatic carbocycles. The van der Waals surface area contributed by atoms with Crippen molar-refractivity contribution < 1.29 is 27.1 Å². The van der Waals surface area contributed by atoms with Crippen molar-refractivity contribution in [1.29, 1.82) is 0 Å². The Morgan fingerprint density at radius 1 is 0.895 bits per heavy atom. The Kier molecular flexibility index (Phi) is 7.63. The number of Topliss-reactive ketones (excluding diaryl/α,β-unsaturated/α-hetero) is 1. The monoisotopic (exact) mass is 522 g/mol. The van der Waals surface area contributed by atoms with E-state index in [0.29, 0.717) is 11.6 Å². The second kappa shape index (κ2) is 11.0. The molecule has 0 fully saturated rings. The summed E-state index contributed by atoms with van der Waals surface area (Å²) < 4.78 is 45.2. The zero-order chi connectivity index (χ0) is 27.3. The number of ketones is 1. The summed E-state index contributed by atoms with van der Waals surface area (Å²) in [5, 5.41) is 8.18. The van der Waals surface area contributed by atoms with E-state index in [1.165, 1.54) is 18.2 Å². The third-order valence-electron chi connectivity index (χ3n) is 5.20. The molecule has 38 heavy (non-hydrogen) atoms. The van der Waals surface area contributed by atoms with Gasteiger partial charge in [0.1, 0.15) is 5.75 Å². The number of aromatic nitrogens is 4. The number of nitrogens with zero attached hydrogens (tertiary/aromatic N) is 4. The predicted octanol–water partition coefficient (Wildman–Crippen LogP) is 4.96. The molecule has 4 N–H and O–H groups in total. The summed E-state index contributed by atoms with van der Waals surface area (Å²) in [7, 11) is 0. The Hall–Kier alpha value is -4.84. The highest BCUT2D eigenvalue weighted by Gasteiger charge is 2.32. The van der Waals surface area contributed by atoms with Gasteiger partial charge in [-0.05, 0) is 42.8 Å². The molecule has 0 aliphatic heterocycles. The minimum absolute atomic E-state index is 0.169. The maximum Gasteiger partial charge on any atom is 0.573 e. The summed E-state index contributed by atoms with van der Waals surface area (Å²) in [6.45, 7) is 1.63. The van der Waals surface area contributed by atoms with Gasteiger partial charge in [-0.25, -0.2) is 9.97 Å². The normalized spacial score (nSPS) is 11.1. The molecule has 0 atom stereocenters. The molecule has 0 radical (unpaired) electrons. The number of benzene rings is 3. The predicted molar refractivity (Wildman–Crippen MR) is 134 cm³/mol. The molecule has 2 aromatic heterocycles. The highest BCUT2D eigenvalue weighted by atomic mass is 19.4. The average molecular weight is 522 g/mol. The third-order valence-corrected chi connectivity index (χ3v) is 5.20. The molecule has 0 unspecified atom stereocenters. The first-order chi connectivity index (χ1) is 18.2. The van der Waals surface area contributed by atoms with Gasteiger partial charge in [0.2, 0.25) is 5.89 Å². The van der Waals surface area contributed by atoms with E-state index in [1.807, 2.05) is 55.5 Å². The van der Waals surface area contributed by atoms with Crippen LogP contribution in [0.1, 0.15) is 15.9 Å². The number of alkyl halides is 3. The minimum Gasteiger partial charge on any atom is -0.414 e. The van der Waals surface area contributed by atoms with Crippen LogP contribution >= 0.6 is 0 Å². The summed E-state index contributed by atoms with van der Waals surface area (Å²) in [6.07, 6.45) is -4.81. The lowest BCUT2D eigenvalue weighted by molar-refractivity contribution is -0.274. The van der Waals surface area contributed by atoms with E-state index in [-0.39, 0.29) is 23.8 Å². The zero-order valence-electron chi connectivity index (χ0n) is 19.9. The van der Waals surface area contributed by atoms with Crippen LogP contribution in [0.5, 0.6) is 5.75 Å². The molecular weight excluding hydrogens is 501 g/mol. The Labute approximate surface area is 214 Å². The molecule has 12 heteroatoms. The molecule has 0 amide bonds. The number of carbonyl (C=O) groups excluding carboxylic acids is 1.